The highest BCUT2D eigenvalue weighted by atomic mass is 16.5. The molecular weight excluding hydrogens is 338 g/mol. The average molecular weight is 372 g/mol. The standard InChI is InChI=1S/C22H33N3O2/c1-24-10-9-19-15-18(7-8-20(19)24)21(25-11-13-27-14-12-25)16-23-22(26)17-5-3-2-4-6-17/h7-8,15,17,21H,2-6,9-14,16H2,1H3,(H,23,26)/t21-/m0/s1. The second-order valence-electron chi connectivity index (χ2n) is 8.30. The van der Waals surface area contributed by atoms with Gasteiger partial charge in [-0.3, -0.25) is 9.69 Å². The topological polar surface area (TPSA) is 44.8 Å². The van der Waals surface area contributed by atoms with Gasteiger partial charge in [-0.2, -0.15) is 0 Å². The lowest BCUT2D eigenvalue weighted by Crippen LogP contribution is -2.45. The van der Waals surface area contributed by atoms with Gasteiger partial charge >= 0.3 is 0 Å². The summed E-state index contributed by atoms with van der Waals surface area (Å²) < 4.78 is 5.56. The molecule has 1 aromatic rings. The van der Waals surface area contributed by atoms with E-state index in [4.69, 9.17) is 4.74 Å². The van der Waals surface area contributed by atoms with Crippen molar-refractivity contribution in [1.82, 2.24) is 10.2 Å². The molecule has 27 heavy (non-hydrogen) atoms. The van der Waals surface area contributed by atoms with Gasteiger partial charge in [0.2, 0.25) is 5.91 Å². The first-order valence-corrected chi connectivity index (χ1v) is 10.7. The van der Waals surface area contributed by atoms with Crippen molar-refractivity contribution in [3.63, 3.8) is 0 Å². The van der Waals surface area contributed by atoms with E-state index < -0.39 is 0 Å². The monoisotopic (exact) mass is 371 g/mol. The number of fused-ring (bicyclic) bond motifs is 1. The SMILES string of the molecule is CN1CCc2cc([C@H](CNC(=O)C3CCCCC3)N3CCOCC3)ccc21. The smallest absolute Gasteiger partial charge is 0.223 e. The molecule has 1 aromatic carbocycles. The molecule has 1 aliphatic carbocycles. The van der Waals surface area contributed by atoms with Crippen LogP contribution in [0, 0.1) is 5.92 Å². The molecule has 0 radical (unpaired) electrons. The Labute approximate surface area is 163 Å². The van der Waals surface area contributed by atoms with Crippen molar-refractivity contribution in [1.29, 1.82) is 0 Å². The van der Waals surface area contributed by atoms with Crippen LogP contribution in [-0.2, 0) is 16.0 Å². The number of amides is 1. The van der Waals surface area contributed by atoms with Crippen molar-refractivity contribution in [3.05, 3.63) is 29.3 Å². The van der Waals surface area contributed by atoms with Gasteiger partial charge < -0.3 is 15.0 Å². The number of carbonyl (C=O) groups is 1. The molecule has 1 N–H and O–H groups in total. The molecule has 2 heterocycles. The summed E-state index contributed by atoms with van der Waals surface area (Å²) in [5.41, 5.74) is 4.12. The Balaban J connectivity index is 1.48. The van der Waals surface area contributed by atoms with E-state index in [2.05, 4.69) is 40.4 Å². The number of nitrogens with one attached hydrogen (secondary N) is 1. The molecule has 1 atom stereocenters. The van der Waals surface area contributed by atoms with Gasteiger partial charge in [0.15, 0.2) is 0 Å². The molecule has 1 saturated carbocycles. The van der Waals surface area contributed by atoms with Crippen molar-refractivity contribution in [2.75, 3.05) is 51.3 Å². The summed E-state index contributed by atoms with van der Waals surface area (Å²) in [4.78, 5) is 17.5. The number of ether oxygens (including phenoxy) is 1. The Hall–Kier alpha value is -1.59. The minimum Gasteiger partial charge on any atom is -0.379 e. The fraction of sp³-hybridized carbons (Fsp3) is 0.682. The van der Waals surface area contributed by atoms with Crippen LogP contribution in [0.25, 0.3) is 0 Å². The highest BCUT2D eigenvalue weighted by molar-refractivity contribution is 5.78. The van der Waals surface area contributed by atoms with Crippen molar-refractivity contribution in [2.45, 2.75) is 44.6 Å². The van der Waals surface area contributed by atoms with E-state index in [1.807, 2.05) is 0 Å². The molecule has 4 rings (SSSR count). The molecule has 148 valence electrons. The van der Waals surface area contributed by atoms with Crippen molar-refractivity contribution < 1.29 is 9.53 Å². The van der Waals surface area contributed by atoms with Crippen LogP contribution in [0.2, 0.25) is 0 Å². The number of carbonyl (C=O) groups excluding carboxylic acids is 1. The van der Waals surface area contributed by atoms with Gasteiger partial charge in [-0.05, 0) is 36.5 Å². The zero-order valence-corrected chi connectivity index (χ0v) is 16.6. The number of hydrogen-bond donors (Lipinski definition) is 1. The first kappa shape index (κ1) is 18.8. The Morgan fingerprint density at radius 2 is 1.96 bits per heavy atom. The normalized spacial score (nSPS) is 22.5. The van der Waals surface area contributed by atoms with Gasteiger partial charge in [0, 0.05) is 44.8 Å². The van der Waals surface area contributed by atoms with Crippen LogP contribution < -0.4 is 10.2 Å². The van der Waals surface area contributed by atoms with E-state index in [9.17, 15) is 4.79 Å². The lowest BCUT2D eigenvalue weighted by molar-refractivity contribution is -0.126. The van der Waals surface area contributed by atoms with Crippen LogP contribution in [0.5, 0.6) is 0 Å². The molecule has 5 nitrogen and oxygen atoms in total. The van der Waals surface area contributed by atoms with Crippen molar-refractivity contribution >= 4 is 11.6 Å². The van der Waals surface area contributed by atoms with E-state index in [1.165, 1.54) is 36.1 Å². The van der Waals surface area contributed by atoms with E-state index in [0.29, 0.717) is 6.54 Å². The quantitative estimate of drug-likeness (QED) is 0.864. The summed E-state index contributed by atoms with van der Waals surface area (Å²) in [5.74, 6) is 0.478. The fourth-order valence-electron chi connectivity index (χ4n) is 4.85. The molecule has 5 heteroatoms. The number of anilines is 1. The second kappa shape index (κ2) is 8.61. The Kier molecular flexibility index (Phi) is 5.98. The number of likely N-dealkylation sites (N-methyl/N-ethyl adjacent to an activating group) is 1. The molecule has 0 bridgehead atoms. The first-order chi connectivity index (χ1) is 13.2. The van der Waals surface area contributed by atoms with Crippen molar-refractivity contribution in [3.8, 4) is 0 Å². The van der Waals surface area contributed by atoms with Gasteiger partial charge in [0.05, 0.1) is 19.3 Å². The maximum absolute atomic E-state index is 12.7. The van der Waals surface area contributed by atoms with Gasteiger partial charge in [-0.15, -0.1) is 0 Å². The third-order valence-electron chi connectivity index (χ3n) is 6.55. The van der Waals surface area contributed by atoms with Crippen LogP contribution in [0.3, 0.4) is 0 Å². The summed E-state index contributed by atoms with van der Waals surface area (Å²) >= 11 is 0. The molecule has 3 aliphatic rings. The number of hydrogen-bond acceptors (Lipinski definition) is 4. The summed E-state index contributed by atoms with van der Waals surface area (Å²) in [6.45, 7) is 5.22. The summed E-state index contributed by atoms with van der Waals surface area (Å²) in [7, 11) is 2.16. The lowest BCUT2D eigenvalue weighted by Gasteiger charge is -2.35. The molecule has 1 saturated heterocycles. The average Bonchev–Trinajstić information content (AvgIpc) is 3.10. The summed E-state index contributed by atoms with van der Waals surface area (Å²) in [6.07, 6.45) is 6.90. The minimum absolute atomic E-state index is 0.220. The Morgan fingerprint density at radius 3 is 2.74 bits per heavy atom. The van der Waals surface area contributed by atoms with Crippen LogP contribution in [0.1, 0.15) is 49.3 Å². The predicted octanol–water partition coefficient (Wildman–Crippen LogP) is 2.75. The van der Waals surface area contributed by atoms with Crippen LogP contribution in [-0.4, -0.2) is 57.2 Å². The number of benzene rings is 1. The molecular formula is C22H33N3O2. The summed E-state index contributed by atoms with van der Waals surface area (Å²) in [6, 6.07) is 7.12. The van der Waals surface area contributed by atoms with Gasteiger partial charge in [0.25, 0.3) is 0 Å². The summed E-state index contributed by atoms with van der Waals surface area (Å²) in [5, 5.41) is 3.29. The van der Waals surface area contributed by atoms with Crippen LogP contribution in [0.15, 0.2) is 18.2 Å². The largest absolute Gasteiger partial charge is 0.379 e. The van der Waals surface area contributed by atoms with Crippen molar-refractivity contribution in [2.24, 2.45) is 5.92 Å². The van der Waals surface area contributed by atoms with Crippen LogP contribution in [0.4, 0.5) is 5.69 Å². The number of rotatable bonds is 5. The van der Waals surface area contributed by atoms with Gasteiger partial charge in [-0.1, -0.05) is 31.4 Å². The second-order valence-corrected chi connectivity index (χ2v) is 8.30. The zero-order chi connectivity index (χ0) is 18.6. The minimum atomic E-state index is 0.220. The fourth-order valence-corrected chi connectivity index (χ4v) is 4.85. The molecule has 0 unspecified atom stereocenters. The lowest BCUT2D eigenvalue weighted by atomic mass is 9.88. The molecule has 0 spiro atoms. The van der Waals surface area contributed by atoms with E-state index in [-0.39, 0.29) is 17.9 Å². The predicted molar refractivity (Wildman–Crippen MR) is 108 cm³/mol. The van der Waals surface area contributed by atoms with E-state index in [1.54, 1.807) is 0 Å². The zero-order valence-electron chi connectivity index (χ0n) is 16.6. The number of nitrogens with zero attached hydrogens (tertiary/aromatic N) is 2. The molecule has 2 aliphatic heterocycles. The van der Waals surface area contributed by atoms with Crippen LogP contribution >= 0.6 is 0 Å². The maximum atomic E-state index is 12.7. The molecule has 2 fully saturated rings. The van der Waals surface area contributed by atoms with Gasteiger partial charge in [0.1, 0.15) is 0 Å². The number of morpholine rings is 1. The Bertz CT molecular complexity index is 651. The maximum Gasteiger partial charge on any atom is 0.223 e. The Morgan fingerprint density at radius 1 is 1.19 bits per heavy atom. The third kappa shape index (κ3) is 4.30. The molecule has 1 amide bonds. The van der Waals surface area contributed by atoms with E-state index >= 15 is 0 Å². The van der Waals surface area contributed by atoms with Gasteiger partial charge in [-0.25, -0.2) is 0 Å². The first-order valence-electron chi connectivity index (χ1n) is 10.7. The highest BCUT2D eigenvalue weighted by Gasteiger charge is 2.27. The van der Waals surface area contributed by atoms with E-state index in [0.717, 1.165) is 52.1 Å². The molecule has 0 aromatic heterocycles. The third-order valence-corrected chi connectivity index (χ3v) is 6.55. The highest BCUT2D eigenvalue weighted by Crippen LogP contribution is 2.31.